The molecule has 0 aromatic heterocycles. The smallest absolute Gasteiger partial charge is 0.370 e. The van der Waals surface area contributed by atoms with Crippen molar-refractivity contribution >= 4 is 14.0 Å². The van der Waals surface area contributed by atoms with E-state index in [9.17, 15) is 0 Å². The summed E-state index contributed by atoms with van der Waals surface area (Å²) < 4.78 is 20.3. The Morgan fingerprint density at radius 2 is 1.00 bits per heavy atom. The number of hydrogen-bond donors (Lipinski definition) is 0. The molecule has 0 N–H and O–H groups in total. The summed E-state index contributed by atoms with van der Waals surface area (Å²) in [4.78, 5) is 0. The van der Waals surface area contributed by atoms with Crippen molar-refractivity contribution < 1.29 is 13.3 Å². The molecule has 4 rings (SSSR count). The van der Waals surface area contributed by atoms with E-state index in [0.717, 1.165) is 63.5 Å². The average molecular weight is 439 g/mol. The van der Waals surface area contributed by atoms with Gasteiger partial charge < -0.3 is 13.3 Å². The van der Waals surface area contributed by atoms with Crippen molar-refractivity contribution in [3.63, 3.8) is 0 Å². The van der Waals surface area contributed by atoms with Gasteiger partial charge in [0.25, 0.3) is 0 Å². The topological polar surface area (TPSA) is 27.7 Å². The summed E-state index contributed by atoms with van der Waals surface area (Å²) in [6.07, 6.45) is 24.1. The van der Waals surface area contributed by atoms with E-state index in [2.05, 4.69) is 66.8 Å². The molecule has 1 aromatic carbocycles. The zero-order chi connectivity index (χ0) is 21.2. The Morgan fingerprint density at radius 1 is 0.581 bits per heavy atom. The van der Waals surface area contributed by atoms with Crippen LogP contribution in [0, 0.1) is 17.8 Å². The first-order valence-corrected chi connectivity index (χ1v) is 14.0. The lowest BCUT2D eigenvalue weighted by Gasteiger charge is -2.34. The van der Waals surface area contributed by atoms with Gasteiger partial charge >= 0.3 is 8.80 Å². The van der Waals surface area contributed by atoms with Crippen molar-refractivity contribution in [2.45, 2.75) is 57.8 Å². The molecule has 31 heavy (non-hydrogen) atoms. The second kappa shape index (κ2) is 12.0. The highest BCUT2D eigenvalue weighted by atomic mass is 28.4. The fourth-order valence-corrected chi connectivity index (χ4v) is 7.44. The predicted octanol–water partition coefficient (Wildman–Crippen LogP) is 5.95. The lowest BCUT2D eigenvalue weighted by Crippen LogP contribution is -2.58. The van der Waals surface area contributed by atoms with E-state index >= 15 is 0 Å². The molecule has 0 amide bonds. The van der Waals surface area contributed by atoms with E-state index in [-0.39, 0.29) is 0 Å². The van der Waals surface area contributed by atoms with Crippen molar-refractivity contribution in [2.24, 2.45) is 17.8 Å². The zero-order valence-corrected chi connectivity index (χ0v) is 19.8. The maximum Gasteiger partial charge on any atom is 0.537 e. The van der Waals surface area contributed by atoms with Gasteiger partial charge in [-0.1, -0.05) is 66.8 Å². The fourth-order valence-electron chi connectivity index (χ4n) is 4.72. The Labute approximate surface area is 189 Å². The summed E-state index contributed by atoms with van der Waals surface area (Å²) in [5.74, 6) is 1.68. The van der Waals surface area contributed by atoms with Crippen molar-refractivity contribution in [1.29, 1.82) is 0 Å². The maximum absolute atomic E-state index is 6.76. The van der Waals surface area contributed by atoms with Crippen LogP contribution < -0.4 is 5.19 Å². The summed E-state index contributed by atoms with van der Waals surface area (Å²) in [7, 11) is -3.00. The number of rotatable bonds is 10. The normalized spacial score (nSPS) is 27.8. The van der Waals surface area contributed by atoms with E-state index in [1.54, 1.807) is 0 Å². The van der Waals surface area contributed by atoms with Crippen LogP contribution in [0.15, 0.2) is 66.8 Å². The number of allylic oxidation sites excluding steroid dienone is 6. The third-order valence-corrected chi connectivity index (χ3v) is 9.47. The zero-order valence-electron chi connectivity index (χ0n) is 18.8. The van der Waals surface area contributed by atoms with Crippen LogP contribution in [0.3, 0.4) is 0 Å². The highest BCUT2D eigenvalue weighted by molar-refractivity contribution is 6.75. The third-order valence-electron chi connectivity index (χ3n) is 6.79. The lowest BCUT2D eigenvalue weighted by molar-refractivity contribution is 0.0378. The molecule has 0 saturated carbocycles. The van der Waals surface area contributed by atoms with E-state index in [0.29, 0.717) is 17.8 Å². The molecule has 0 aliphatic heterocycles. The standard InChI is InChI=1S/C27H38O3Si/c1-5-13-24(14-6-1)21-28-31(27-19-11-4-12-20-27,29-22-25-15-7-2-8-16-25)30-23-26-17-9-3-10-18-26/h1-5,7,9,11-12,19-20,24-26H,6,8,10,13-18,21-23H2. The van der Waals surface area contributed by atoms with Crippen molar-refractivity contribution in [2.75, 3.05) is 19.8 Å². The maximum atomic E-state index is 6.76. The summed E-state index contributed by atoms with van der Waals surface area (Å²) in [5, 5.41) is 1.11. The van der Waals surface area contributed by atoms with Gasteiger partial charge in [-0.15, -0.1) is 0 Å². The van der Waals surface area contributed by atoms with Gasteiger partial charge in [0.05, 0.1) is 0 Å². The Kier molecular flexibility index (Phi) is 8.77. The minimum absolute atomic E-state index is 0.558. The molecule has 0 bridgehead atoms. The summed E-state index contributed by atoms with van der Waals surface area (Å²) >= 11 is 0. The lowest BCUT2D eigenvalue weighted by atomic mass is 9.96. The quantitative estimate of drug-likeness (QED) is 0.334. The first-order valence-electron chi connectivity index (χ1n) is 12.3. The highest BCUT2D eigenvalue weighted by Gasteiger charge is 2.45. The van der Waals surface area contributed by atoms with Gasteiger partial charge in [-0.05, 0) is 75.5 Å². The molecule has 0 fully saturated rings. The van der Waals surface area contributed by atoms with Crippen LogP contribution in [0.4, 0.5) is 0 Å². The molecule has 3 aliphatic rings. The van der Waals surface area contributed by atoms with Gasteiger partial charge in [0.2, 0.25) is 0 Å². The van der Waals surface area contributed by atoms with Gasteiger partial charge in [0.15, 0.2) is 0 Å². The molecule has 3 aliphatic carbocycles. The van der Waals surface area contributed by atoms with Gasteiger partial charge in [0.1, 0.15) is 0 Å². The second-order valence-electron chi connectivity index (χ2n) is 9.31. The number of hydrogen-bond acceptors (Lipinski definition) is 3. The van der Waals surface area contributed by atoms with Crippen LogP contribution in [0.1, 0.15) is 57.8 Å². The monoisotopic (exact) mass is 438 g/mol. The molecule has 4 heteroatoms. The second-order valence-corrected chi connectivity index (χ2v) is 11.9. The molecule has 0 spiro atoms. The Bertz CT molecular complexity index is 673. The third kappa shape index (κ3) is 6.76. The first-order chi connectivity index (χ1) is 15.3. The highest BCUT2D eigenvalue weighted by Crippen LogP contribution is 2.26. The van der Waals surface area contributed by atoms with Crippen molar-refractivity contribution in [3.8, 4) is 0 Å². The van der Waals surface area contributed by atoms with Crippen LogP contribution in [-0.4, -0.2) is 28.6 Å². The van der Waals surface area contributed by atoms with Gasteiger partial charge in [-0.25, -0.2) is 0 Å². The van der Waals surface area contributed by atoms with Crippen LogP contribution in [0.2, 0.25) is 0 Å². The van der Waals surface area contributed by atoms with Crippen molar-refractivity contribution in [1.82, 2.24) is 0 Å². The van der Waals surface area contributed by atoms with Crippen LogP contribution in [-0.2, 0) is 13.3 Å². The Balaban J connectivity index is 1.51. The molecule has 3 unspecified atom stereocenters. The molecule has 1 aromatic rings. The van der Waals surface area contributed by atoms with E-state index in [1.165, 1.54) is 19.3 Å². The van der Waals surface area contributed by atoms with Crippen LogP contribution >= 0.6 is 0 Å². The van der Waals surface area contributed by atoms with Gasteiger partial charge in [0, 0.05) is 25.0 Å². The summed E-state index contributed by atoms with van der Waals surface area (Å²) in [6.45, 7) is 2.17. The molecule has 0 heterocycles. The Morgan fingerprint density at radius 3 is 1.35 bits per heavy atom. The molecular weight excluding hydrogens is 400 g/mol. The van der Waals surface area contributed by atoms with E-state index in [4.69, 9.17) is 13.3 Å². The molecule has 168 valence electrons. The first kappa shape index (κ1) is 22.7. The SMILES string of the molecule is C1=CCC(CO[Si](OCC2CC=CCC2)(OCC2CC=CCC2)c2ccccc2)CC1. The minimum atomic E-state index is -3.00. The predicted molar refractivity (Wildman–Crippen MR) is 129 cm³/mol. The molecule has 0 radical (unpaired) electrons. The van der Waals surface area contributed by atoms with Crippen molar-refractivity contribution in [3.05, 3.63) is 66.8 Å². The largest absolute Gasteiger partial charge is 0.537 e. The van der Waals surface area contributed by atoms with Gasteiger partial charge in [-0.3, -0.25) is 0 Å². The molecule has 3 nitrogen and oxygen atoms in total. The summed E-state index contributed by atoms with van der Waals surface area (Å²) in [5.41, 5.74) is 0. The molecular formula is C27H38O3Si. The number of benzene rings is 1. The minimum Gasteiger partial charge on any atom is -0.370 e. The van der Waals surface area contributed by atoms with Gasteiger partial charge in [-0.2, -0.15) is 0 Å². The molecule has 3 atom stereocenters. The fraction of sp³-hybridized carbons (Fsp3) is 0.556. The van der Waals surface area contributed by atoms with Crippen LogP contribution in [0.5, 0.6) is 0 Å². The average Bonchev–Trinajstić information content (AvgIpc) is 2.86. The van der Waals surface area contributed by atoms with E-state index in [1.807, 2.05) is 0 Å². The summed E-state index contributed by atoms with van der Waals surface area (Å²) in [6, 6.07) is 10.5. The Hall–Kier alpha value is -1.46. The van der Waals surface area contributed by atoms with Crippen LogP contribution in [0.25, 0.3) is 0 Å². The molecule has 0 saturated heterocycles. The van der Waals surface area contributed by atoms with E-state index < -0.39 is 8.80 Å².